The molecule has 8 heteroatoms. The topological polar surface area (TPSA) is 87.7 Å². The van der Waals surface area contributed by atoms with E-state index in [1.807, 2.05) is 0 Å². The van der Waals surface area contributed by atoms with Crippen LogP contribution in [0.15, 0.2) is 29.2 Å². The first-order valence-corrected chi connectivity index (χ1v) is 11.1. The van der Waals surface area contributed by atoms with Gasteiger partial charge in [0, 0.05) is 25.6 Å². The minimum Gasteiger partial charge on any atom is -0.497 e. The molecular weight excluding hydrogens is 366 g/mol. The maximum absolute atomic E-state index is 12.8. The first-order chi connectivity index (χ1) is 13.0. The highest BCUT2D eigenvalue weighted by Crippen LogP contribution is 2.25. The van der Waals surface area contributed by atoms with Crippen molar-refractivity contribution in [3.8, 4) is 5.75 Å². The van der Waals surface area contributed by atoms with Gasteiger partial charge in [-0.25, -0.2) is 8.42 Å². The Hall–Kier alpha value is -1.64. The van der Waals surface area contributed by atoms with Crippen molar-refractivity contribution in [1.29, 1.82) is 0 Å². The summed E-state index contributed by atoms with van der Waals surface area (Å²) in [6.07, 6.45) is 3.30. The summed E-state index contributed by atoms with van der Waals surface area (Å²) < 4.78 is 32.1. The lowest BCUT2D eigenvalue weighted by Gasteiger charge is -2.30. The van der Waals surface area contributed by atoms with Crippen LogP contribution >= 0.6 is 0 Å². The number of hydrogen-bond acceptors (Lipinski definition) is 5. The van der Waals surface area contributed by atoms with Crippen LogP contribution in [0.2, 0.25) is 0 Å². The molecule has 3 rings (SSSR count). The Morgan fingerprint density at radius 3 is 2.52 bits per heavy atom. The molecule has 0 radical (unpaired) electrons. The standard InChI is InChI=1S/C19H29N3O4S/c1-26-17-2-4-18(5-3-17)27(24,25)22-12-8-16(9-13-22)19(23)21-11-7-15-6-10-20-14-15/h2-5,15-16,20H,6-14H2,1H3,(H,21,23). The van der Waals surface area contributed by atoms with E-state index in [2.05, 4.69) is 10.6 Å². The second-order valence-corrected chi connectivity index (χ2v) is 9.23. The predicted molar refractivity (Wildman–Crippen MR) is 103 cm³/mol. The minimum absolute atomic E-state index is 0.0578. The number of nitrogens with zero attached hydrogens (tertiary/aromatic N) is 1. The van der Waals surface area contributed by atoms with Crippen LogP contribution in [0.1, 0.15) is 25.7 Å². The number of nitrogens with one attached hydrogen (secondary N) is 2. The summed E-state index contributed by atoms with van der Waals surface area (Å²) in [5.41, 5.74) is 0. The quantitative estimate of drug-likeness (QED) is 0.725. The number of ether oxygens (including phenoxy) is 1. The zero-order valence-corrected chi connectivity index (χ0v) is 16.6. The summed E-state index contributed by atoms with van der Waals surface area (Å²) in [6, 6.07) is 6.41. The summed E-state index contributed by atoms with van der Waals surface area (Å²) in [6.45, 7) is 3.56. The van der Waals surface area contributed by atoms with Gasteiger partial charge >= 0.3 is 0 Å². The van der Waals surface area contributed by atoms with Gasteiger partial charge in [0.05, 0.1) is 12.0 Å². The van der Waals surface area contributed by atoms with Crippen LogP contribution in [-0.4, -0.2) is 58.5 Å². The molecule has 1 atom stereocenters. The second kappa shape index (κ2) is 9.03. The molecule has 1 aromatic carbocycles. The van der Waals surface area contributed by atoms with Crippen LogP contribution < -0.4 is 15.4 Å². The predicted octanol–water partition coefficient (Wildman–Crippen LogP) is 1.21. The molecule has 27 heavy (non-hydrogen) atoms. The number of methoxy groups -OCH3 is 1. The van der Waals surface area contributed by atoms with E-state index in [0.717, 1.165) is 19.5 Å². The van der Waals surface area contributed by atoms with Crippen LogP contribution in [0.3, 0.4) is 0 Å². The smallest absolute Gasteiger partial charge is 0.243 e. The van der Waals surface area contributed by atoms with E-state index >= 15 is 0 Å². The summed E-state index contributed by atoms with van der Waals surface area (Å²) in [5.74, 6) is 1.23. The van der Waals surface area contributed by atoms with E-state index in [4.69, 9.17) is 4.74 Å². The maximum atomic E-state index is 12.8. The van der Waals surface area contributed by atoms with E-state index < -0.39 is 10.0 Å². The molecule has 1 aromatic rings. The number of carbonyl (C=O) groups excluding carboxylic acids is 1. The maximum Gasteiger partial charge on any atom is 0.243 e. The van der Waals surface area contributed by atoms with Gasteiger partial charge in [-0.05, 0) is 69.0 Å². The Kier molecular flexibility index (Phi) is 6.73. The molecular formula is C19H29N3O4S. The summed E-state index contributed by atoms with van der Waals surface area (Å²) in [5, 5.41) is 6.36. The van der Waals surface area contributed by atoms with Crippen molar-refractivity contribution in [2.24, 2.45) is 11.8 Å². The van der Waals surface area contributed by atoms with Gasteiger partial charge in [-0.2, -0.15) is 4.31 Å². The van der Waals surface area contributed by atoms with E-state index in [0.29, 0.717) is 44.1 Å². The zero-order valence-electron chi connectivity index (χ0n) is 15.8. The average molecular weight is 396 g/mol. The second-order valence-electron chi connectivity index (χ2n) is 7.29. The highest BCUT2D eigenvalue weighted by atomic mass is 32.2. The fourth-order valence-electron chi connectivity index (χ4n) is 3.76. The fourth-order valence-corrected chi connectivity index (χ4v) is 5.23. The lowest BCUT2D eigenvalue weighted by Crippen LogP contribution is -2.43. The van der Waals surface area contributed by atoms with Gasteiger partial charge in [0.1, 0.15) is 5.75 Å². The lowest BCUT2D eigenvalue weighted by atomic mass is 9.97. The largest absolute Gasteiger partial charge is 0.497 e. The van der Waals surface area contributed by atoms with Crippen LogP contribution in [0, 0.1) is 11.8 Å². The number of sulfonamides is 1. The van der Waals surface area contributed by atoms with E-state index in [9.17, 15) is 13.2 Å². The van der Waals surface area contributed by atoms with Crippen molar-refractivity contribution in [1.82, 2.24) is 14.9 Å². The molecule has 0 aliphatic carbocycles. The minimum atomic E-state index is -3.53. The highest BCUT2D eigenvalue weighted by molar-refractivity contribution is 7.89. The van der Waals surface area contributed by atoms with Gasteiger partial charge in [0.2, 0.25) is 15.9 Å². The number of piperidine rings is 1. The molecule has 2 saturated heterocycles. The summed E-state index contributed by atoms with van der Waals surface area (Å²) >= 11 is 0. The summed E-state index contributed by atoms with van der Waals surface area (Å²) in [4.78, 5) is 12.6. The first-order valence-electron chi connectivity index (χ1n) is 9.63. The third kappa shape index (κ3) is 5.00. The van der Waals surface area contributed by atoms with Crippen LogP contribution in [0.4, 0.5) is 0 Å². The Balaban J connectivity index is 1.47. The van der Waals surface area contributed by atoms with Gasteiger partial charge in [-0.1, -0.05) is 0 Å². The Labute approximate surface area is 161 Å². The fraction of sp³-hybridized carbons (Fsp3) is 0.632. The summed E-state index contributed by atoms with van der Waals surface area (Å²) in [7, 11) is -1.98. The van der Waals surface area contributed by atoms with Gasteiger partial charge in [0.15, 0.2) is 0 Å². The third-order valence-corrected chi connectivity index (χ3v) is 7.45. The number of hydrogen-bond donors (Lipinski definition) is 2. The van der Waals surface area contributed by atoms with Crippen molar-refractivity contribution in [3.05, 3.63) is 24.3 Å². The van der Waals surface area contributed by atoms with Crippen molar-refractivity contribution >= 4 is 15.9 Å². The van der Waals surface area contributed by atoms with Gasteiger partial charge < -0.3 is 15.4 Å². The molecule has 2 aliphatic heterocycles. The third-order valence-electron chi connectivity index (χ3n) is 5.54. The SMILES string of the molecule is COc1ccc(S(=O)(=O)N2CCC(C(=O)NCCC3CCNC3)CC2)cc1. The molecule has 1 unspecified atom stereocenters. The van der Waals surface area contributed by atoms with Gasteiger partial charge in [0.25, 0.3) is 0 Å². The normalized spacial score (nSPS) is 21.9. The molecule has 7 nitrogen and oxygen atoms in total. The Morgan fingerprint density at radius 1 is 1.22 bits per heavy atom. The number of rotatable bonds is 7. The average Bonchev–Trinajstić information content (AvgIpc) is 3.21. The first kappa shape index (κ1) is 20.1. The Bertz CT molecular complexity index is 722. The van der Waals surface area contributed by atoms with E-state index in [1.165, 1.54) is 10.7 Å². The van der Waals surface area contributed by atoms with E-state index in [-0.39, 0.29) is 16.7 Å². The van der Waals surface area contributed by atoms with Crippen molar-refractivity contribution in [2.75, 3.05) is 39.8 Å². The zero-order chi connectivity index (χ0) is 19.3. The number of amides is 1. The monoisotopic (exact) mass is 395 g/mol. The lowest BCUT2D eigenvalue weighted by molar-refractivity contribution is -0.126. The van der Waals surface area contributed by atoms with Gasteiger partial charge in [-0.15, -0.1) is 0 Å². The number of carbonyl (C=O) groups is 1. The molecule has 1 amide bonds. The van der Waals surface area contributed by atoms with Crippen LogP contribution in [-0.2, 0) is 14.8 Å². The molecule has 2 heterocycles. The molecule has 150 valence electrons. The Morgan fingerprint density at radius 2 is 1.93 bits per heavy atom. The van der Waals surface area contributed by atoms with Crippen molar-refractivity contribution in [3.63, 3.8) is 0 Å². The van der Waals surface area contributed by atoms with Crippen LogP contribution in [0.25, 0.3) is 0 Å². The molecule has 0 saturated carbocycles. The van der Waals surface area contributed by atoms with Crippen molar-refractivity contribution < 1.29 is 17.9 Å². The number of benzene rings is 1. The van der Waals surface area contributed by atoms with Crippen LogP contribution in [0.5, 0.6) is 5.75 Å². The molecule has 2 fully saturated rings. The molecule has 2 aliphatic rings. The molecule has 2 N–H and O–H groups in total. The van der Waals surface area contributed by atoms with Gasteiger partial charge in [-0.3, -0.25) is 4.79 Å². The molecule has 0 spiro atoms. The van der Waals surface area contributed by atoms with E-state index in [1.54, 1.807) is 31.4 Å². The molecule has 0 aromatic heterocycles. The highest BCUT2D eigenvalue weighted by Gasteiger charge is 2.32. The molecule has 0 bridgehead atoms. The van der Waals surface area contributed by atoms with Crippen molar-refractivity contribution in [2.45, 2.75) is 30.6 Å².